The van der Waals surface area contributed by atoms with Gasteiger partial charge in [0.2, 0.25) is 0 Å². The summed E-state index contributed by atoms with van der Waals surface area (Å²) in [5.41, 5.74) is 9.40. The van der Waals surface area contributed by atoms with Crippen LogP contribution < -0.4 is 5.73 Å². The third-order valence-corrected chi connectivity index (χ3v) is 6.18. The van der Waals surface area contributed by atoms with Crippen LogP contribution in [-0.2, 0) is 4.74 Å². The molecule has 0 radical (unpaired) electrons. The van der Waals surface area contributed by atoms with Gasteiger partial charge in [0.1, 0.15) is 11.9 Å². The predicted molar refractivity (Wildman–Crippen MR) is 131 cm³/mol. The first-order valence-corrected chi connectivity index (χ1v) is 11.5. The van der Waals surface area contributed by atoms with Gasteiger partial charge in [0.15, 0.2) is 0 Å². The second-order valence-corrected chi connectivity index (χ2v) is 8.76. The third-order valence-electron chi connectivity index (χ3n) is 5.87. The summed E-state index contributed by atoms with van der Waals surface area (Å²) in [6, 6.07) is 12.2. The molecule has 1 aliphatic heterocycles. The number of halogens is 1. The number of nitrogens with zero attached hydrogens (tertiary/aromatic N) is 3. The summed E-state index contributed by atoms with van der Waals surface area (Å²) in [4.78, 5) is 33.2. The SMILES string of the molecule is CCCOC(=O)N1CCN(C(=O)c2ccc3c(Cl)cc(-c4ccc(O)c(C)c4)nc3c2)C[C@H]1N. The molecular formula is C25H27ClN4O4. The summed E-state index contributed by atoms with van der Waals surface area (Å²) < 4.78 is 5.17. The van der Waals surface area contributed by atoms with Crippen LogP contribution in [0.2, 0.25) is 5.02 Å². The number of aryl methyl sites for hydroxylation is 1. The average Bonchev–Trinajstić information content (AvgIpc) is 2.83. The van der Waals surface area contributed by atoms with E-state index in [1.54, 1.807) is 41.3 Å². The molecule has 2 aromatic carbocycles. The van der Waals surface area contributed by atoms with Crippen molar-refractivity contribution in [2.75, 3.05) is 26.2 Å². The molecule has 0 unspecified atom stereocenters. The normalized spacial score (nSPS) is 16.1. The molecule has 1 saturated heterocycles. The molecule has 0 spiro atoms. The second-order valence-electron chi connectivity index (χ2n) is 8.35. The van der Waals surface area contributed by atoms with Gasteiger partial charge in [-0.25, -0.2) is 9.78 Å². The molecule has 178 valence electrons. The highest BCUT2D eigenvalue weighted by atomic mass is 35.5. The number of hydrogen-bond donors (Lipinski definition) is 2. The Bertz CT molecular complexity index is 1250. The molecule has 8 nitrogen and oxygen atoms in total. The number of fused-ring (bicyclic) bond motifs is 1. The van der Waals surface area contributed by atoms with Gasteiger partial charge in [-0.3, -0.25) is 9.69 Å². The third kappa shape index (κ3) is 4.78. The molecule has 1 aromatic heterocycles. The summed E-state index contributed by atoms with van der Waals surface area (Å²) >= 11 is 6.51. The van der Waals surface area contributed by atoms with Gasteiger partial charge in [0.25, 0.3) is 5.91 Å². The molecular weight excluding hydrogens is 456 g/mol. The van der Waals surface area contributed by atoms with Gasteiger partial charge in [-0.2, -0.15) is 0 Å². The largest absolute Gasteiger partial charge is 0.508 e. The van der Waals surface area contributed by atoms with Crippen LogP contribution in [0.5, 0.6) is 5.75 Å². The van der Waals surface area contributed by atoms with Crippen molar-refractivity contribution in [3.8, 4) is 17.0 Å². The van der Waals surface area contributed by atoms with E-state index in [-0.39, 0.29) is 18.2 Å². The van der Waals surface area contributed by atoms with Gasteiger partial charge in [0.05, 0.1) is 29.4 Å². The summed E-state index contributed by atoms with van der Waals surface area (Å²) in [6.45, 7) is 4.93. The van der Waals surface area contributed by atoms with Gasteiger partial charge in [0, 0.05) is 29.6 Å². The zero-order valence-electron chi connectivity index (χ0n) is 19.1. The topological polar surface area (TPSA) is 109 Å². The van der Waals surface area contributed by atoms with Crippen molar-refractivity contribution in [3.63, 3.8) is 0 Å². The number of carbonyl (C=O) groups is 2. The number of pyridine rings is 1. The highest BCUT2D eigenvalue weighted by Gasteiger charge is 2.31. The molecule has 0 saturated carbocycles. The lowest BCUT2D eigenvalue weighted by molar-refractivity contribution is 0.0390. The molecule has 3 aromatic rings. The van der Waals surface area contributed by atoms with E-state index < -0.39 is 12.3 Å². The first-order valence-electron chi connectivity index (χ1n) is 11.2. The molecule has 3 N–H and O–H groups in total. The molecule has 9 heteroatoms. The lowest BCUT2D eigenvalue weighted by atomic mass is 10.0. The number of phenolic OH excluding ortho intramolecular Hbond substituents is 1. The minimum absolute atomic E-state index is 0.192. The predicted octanol–water partition coefficient (Wildman–Crippen LogP) is 4.16. The van der Waals surface area contributed by atoms with E-state index in [0.29, 0.717) is 41.5 Å². The average molecular weight is 483 g/mol. The Morgan fingerprint density at radius 2 is 2.00 bits per heavy atom. The van der Waals surface area contributed by atoms with Crippen LogP contribution in [0.3, 0.4) is 0 Å². The number of rotatable bonds is 4. The maximum atomic E-state index is 13.2. The number of amides is 2. The van der Waals surface area contributed by atoms with Crippen LogP contribution >= 0.6 is 11.6 Å². The van der Waals surface area contributed by atoms with Gasteiger partial charge < -0.3 is 20.5 Å². The monoisotopic (exact) mass is 482 g/mol. The van der Waals surface area contributed by atoms with Gasteiger partial charge in [-0.1, -0.05) is 24.6 Å². The number of phenols is 1. The number of ether oxygens (including phenoxy) is 1. The van der Waals surface area contributed by atoms with Crippen LogP contribution in [0.4, 0.5) is 4.79 Å². The van der Waals surface area contributed by atoms with Crippen molar-refractivity contribution in [1.82, 2.24) is 14.8 Å². The Kier molecular flexibility index (Phi) is 6.90. The van der Waals surface area contributed by atoms with E-state index in [4.69, 9.17) is 27.1 Å². The number of nitrogens with two attached hydrogens (primary N) is 1. The maximum Gasteiger partial charge on any atom is 0.411 e. The van der Waals surface area contributed by atoms with Crippen molar-refractivity contribution in [1.29, 1.82) is 0 Å². The summed E-state index contributed by atoms with van der Waals surface area (Å²) in [5, 5.41) is 11.1. The number of hydrogen-bond acceptors (Lipinski definition) is 6. The highest BCUT2D eigenvalue weighted by Crippen LogP contribution is 2.31. The van der Waals surface area contributed by atoms with E-state index in [2.05, 4.69) is 0 Å². The Morgan fingerprint density at radius 3 is 2.71 bits per heavy atom. The van der Waals surface area contributed by atoms with Gasteiger partial charge >= 0.3 is 6.09 Å². The van der Waals surface area contributed by atoms with E-state index in [9.17, 15) is 14.7 Å². The number of aromatic hydroxyl groups is 1. The highest BCUT2D eigenvalue weighted by molar-refractivity contribution is 6.35. The lowest BCUT2D eigenvalue weighted by Gasteiger charge is -2.38. The van der Waals surface area contributed by atoms with E-state index >= 15 is 0 Å². The number of aromatic nitrogens is 1. The first kappa shape index (κ1) is 23.8. The molecule has 4 rings (SSSR count). The minimum Gasteiger partial charge on any atom is -0.508 e. The number of carbonyl (C=O) groups excluding carboxylic acids is 2. The summed E-state index contributed by atoms with van der Waals surface area (Å²) in [6.07, 6.45) is -0.365. The van der Waals surface area contributed by atoms with Crippen molar-refractivity contribution in [2.24, 2.45) is 5.73 Å². The number of benzene rings is 2. The van der Waals surface area contributed by atoms with Crippen molar-refractivity contribution >= 4 is 34.5 Å². The quantitative estimate of drug-likeness (QED) is 0.578. The van der Waals surface area contributed by atoms with Crippen molar-refractivity contribution in [2.45, 2.75) is 26.4 Å². The Morgan fingerprint density at radius 1 is 1.21 bits per heavy atom. The molecule has 1 fully saturated rings. The van der Waals surface area contributed by atoms with Crippen molar-refractivity contribution < 1.29 is 19.4 Å². The van der Waals surface area contributed by atoms with Crippen LogP contribution in [-0.4, -0.2) is 64.3 Å². The lowest BCUT2D eigenvalue weighted by Crippen LogP contribution is -2.60. The minimum atomic E-state index is -0.639. The Balaban J connectivity index is 1.57. The van der Waals surface area contributed by atoms with E-state index in [1.807, 2.05) is 19.9 Å². The molecule has 2 amide bonds. The van der Waals surface area contributed by atoms with Gasteiger partial charge in [-0.05, 0) is 55.3 Å². The maximum absolute atomic E-state index is 13.2. The summed E-state index contributed by atoms with van der Waals surface area (Å²) in [5.74, 6) is 0.0168. The van der Waals surface area contributed by atoms with E-state index in [0.717, 1.165) is 22.9 Å². The zero-order valence-corrected chi connectivity index (χ0v) is 19.9. The fourth-order valence-corrected chi connectivity index (χ4v) is 4.22. The molecule has 34 heavy (non-hydrogen) atoms. The second kappa shape index (κ2) is 9.87. The summed E-state index contributed by atoms with van der Waals surface area (Å²) in [7, 11) is 0. The van der Waals surface area contributed by atoms with Crippen LogP contribution in [0, 0.1) is 6.92 Å². The Labute approximate surface area is 202 Å². The fourth-order valence-electron chi connectivity index (χ4n) is 3.96. The van der Waals surface area contributed by atoms with Crippen LogP contribution in [0.15, 0.2) is 42.5 Å². The molecule has 0 aliphatic carbocycles. The fraction of sp³-hybridized carbons (Fsp3) is 0.320. The molecule has 1 atom stereocenters. The van der Waals surface area contributed by atoms with Crippen molar-refractivity contribution in [3.05, 3.63) is 58.6 Å². The number of piperazine rings is 1. The smallest absolute Gasteiger partial charge is 0.411 e. The van der Waals surface area contributed by atoms with Crippen LogP contribution in [0.1, 0.15) is 29.3 Å². The van der Waals surface area contributed by atoms with Crippen LogP contribution in [0.25, 0.3) is 22.2 Å². The molecule has 0 bridgehead atoms. The molecule has 2 heterocycles. The zero-order chi connectivity index (χ0) is 24.4. The van der Waals surface area contributed by atoms with Gasteiger partial charge in [-0.15, -0.1) is 0 Å². The first-order chi connectivity index (χ1) is 16.3. The standard InChI is InChI=1S/C25H27ClN4O4/c1-3-10-34-25(33)30-9-8-29(14-23(30)27)24(32)17-4-6-18-19(26)13-20(28-21(18)12-17)16-5-7-22(31)15(2)11-16/h4-7,11-13,23,31H,3,8-10,14,27H2,1-2H3/t23-/m0/s1. The Hall–Kier alpha value is -3.36. The molecule has 1 aliphatic rings. The van der Waals surface area contributed by atoms with E-state index in [1.165, 1.54) is 4.90 Å².